The second-order valence-corrected chi connectivity index (χ2v) is 5.42. The van der Waals surface area contributed by atoms with Crippen LogP contribution in [0.2, 0.25) is 10.3 Å². The van der Waals surface area contributed by atoms with Crippen molar-refractivity contribution in [2.75, 3.05) is 13.1 Å². The van der Waals surface area contributed by atoms with E-state index in [1.807, 2.05) is 4.90 Å². The van der Waals surface area contributed by atoms with E-state index in [0.717, 1.165) is 5.56 Å². The van der Waals surface area contributed by atoms with Gasteiger partial charge in [-0.1, -0.05) is 29.3 Å². The van der Waals surface area contributed by atoms with Crippen molar-refractivity contribution in [2.45, 2.75) is 25.6 Å². The van der Waals surface area contributed by atoms with Gasteiger partial charge in [-0.3, -0.25) is 4.90 Å². The predicted octanol–water partition coefficient (Wildman–Crippen LogP) is 4.16. The van der Waals surface area contributed by atoms with Crippen LogP contribution in [-0.4, -0.2) is 29.1 Å². The molecule has 7 heteroatoms. The molecule has 0 bridgehead atoms. The molecule has 2 rings (SSSR count). The lowest BCUT2D eigenvalue weighted by Crippen LogP contribution is -2.38. The molecule has 1 aliphatic rings. The van der Waals surface area contributed by atoms with E-state index in [1.165, 1.54) is 0 Å². The summed E-state index contributed by atoms with van der Waals surface area (Å²) in [5.74, 6) is -1.18. The average molecular weight is 313 g/mol. The van der Waals surface area contributed by atoms with Crippen molar-refractivity contribution >= 4 is 23.2 Å². The van der Waals surface area contributed by atoms with Crippen LogP contribution in [-0.2, 0) is 6.54 Å². The van der Waals surface area contributed by atoms with E-state index in [1.54, 1.807) is 12.1 Å². The smallest absolute Gasteiger partial charge is 0.299 e. The third kappa shape index (κ3) is 3.97. The van der Waals surface area contributed by atoms with Gasteiger partial charge in [0.15, 0.2) is 0 Å². The fourth-order valence-electron chi connectivity index (χ4n) is 2.22. The maximum atomic E-state index is 12.5. The Labute approximate surface area is 119 Å². The molecule has 1 aliphatic heterocycles. The number of hydrogen-bond donors (Lipinski definition) is 0. The number of alkyl halides is 3. The molecule has 1 aromatic rings. The van der Waals surface area contributed by atoms with Crippen LogP contribution in [0.15, 0.2) is 12.1 Å². The summed E-state index contributed by atoms with van der Waals surface area (Å²) in [5, 5.41) is 0.620. The first-order chi connectivity index (χ1) is 8.86. The second kappa shape index (κ2) is 5.85. The molecular formula is C12H13Cl2F3N2. The van der Waals surface area contributed by atoms with Gasteiger partial charge in [0.25, 0.3) is 0 Å². The molecule has 0 atom stereocenters. The van der Waals surface area contributed by atoms with Gasteiger partial charge in [0, 0.05) is 12.1 Å². The van der Waals surface area contributed by atoms with Crippen molar-refractivity contribution in [1.82, 2.24) is 9.88 Å². The zero-order valence-corrected chi connectivity index (χ0v) is 11.6. The number of pyridine rings is 1. The zero-order valence-electron chi connectivity index (χ0n) is 10.1. The highest BCUT2D eigenvalue weighted by molar-refractivity contribution is 6.32. The highest BCUT2D eigenvalue weighted by Crippen LogP contribution is 2.34. The molecule has 1 fully saturated rings. The van der Waals surface area contributed by atoms with Crippen LogP contribution in [0.5, 0.6) is 0 Å². The molecule has 0 aromatic carbocycles. The van der Waals surface area contributed by atoms with Gasteiger partial charge in [-0.2, -0.15) is 13.2 Å². The van der Waals surface area contributed by atoms with Gasteiger partial charge in [0.05, 0.1) is 5.92 Å². The number of halogens is 5. The maximum absolute atomic E-state index is 12.5. The molecule has 0 amide bonds. The maximum Gasteiger partial charge on any atom is 0.391 e. The lowest BCUT2D eigenvalue weighted by Gasteiger charge is -2.32. The first kappa shape index (κ1) is 14.9. The summed E-state index contributed by atoms with van der Waals surface area (Å²) >= 11 is 11.6. The van der Waals surface area contributed by atoms with E-state index in [-0.39, 0.29) is 12.8 Å². The Balaban J connectivity index is 1.92. The largest absolute Gasteiger partial charge is 0.391 e. The van der Waals surface area contributed by atoms with Crippen LogP contribution in [0.1, 0.15) is 18.4 Å². The van der Waals surface area contributed by atoms with Gasteiger partial charge in [-0.05, 0) is 32.0 Å². The van der Waals surface area contributed by atoms with Crippen molar-refractivity contribution in [2.24, 2.45) is 5.92 Å². The normalized spacial score (nSPS) is 18.8. The average Bonchev–Trinajstić information content (AvgIpc) is 2.32. The minimum atomic E-state index is -4.08. The molecule has 0 unspecified atom stereocenters. The van der Waals surface area contributed by atoms with Crippen LogP contribution in [0.4, 0.5) is 13.2 Å². The quantitative estimate of drug-likeness (QED) is 0.762. The lowest BCUT2D eigenvalue weighted by molar-refractivity contribution is -0.185. The van der Waals surface area contributed by atoms with E-state index in [4.69, 9.17) is 23.2 Å². The van der Waals surface area contributed by atoms with Crippen molar-refractivity contribution in [1.29, 1.82) is 0 Å². The van der Waals surface area contributed by atoms with Crippen LogP contribution in [0, 0.1) is 5.92 Å². The van der Waals surface area contributed by atoms with Crippen LogP contribution < -0.4 is 0 Å². The highest BCUT2D eigenvalue weighted by Gasteiger charge is 2.40. The fraction of sp³-hybridized carbons (Fsp3) is 0.583. The van der Waals surface area contributed by atoms with Crippen LogP contribution >= 0.6 is 23.2 Å². The van der Waals surface area contributed by atoms with Gasteiger partial charge >= 0.3 is 6.18 Å². The Morgan fingerprint density at radius 2 is 1.84 bits per heavy atom. The number of rotatable bonds is 2. The first-order valence-corrected chi connectivity index (χ1v) is 6.72. The molecule has 0 aliphatic carbocycles. The number of hydrogen-bond acceptors (Lipinski definition) is 2. The molecule has 2 heterocycles. The van der Waals surface area contributed by atoms with Gasteiger partial charge in [0.2, 0.25) is 0 Å². The summed E-state index contributed by atoms with van der Waals surface area (Å²) < 4.78 is 37.6. The highest BCUT2D eigenvalue weighted by atomic mass is 35.5. The standard InChI is InChI=1S/C12H13Cl2F3N2/c13-10-2-1-8(11(14)18-10)7-19-5-3-9(4-6-19)12(15,16)17/h1-2,9H,3-7H2. The van der Waals surface area contributed by atoms with Crippen molar-refractivity contribution in [3.05, 3.63) is 28.0 Å². The summed E-state index contributed by atoms with van der Waals surface area (Å²) in [6.45, 7) is 1.35. The summed E-state index contributed by atoms with van der Waals surface area (Å²) in [4.78, 5) is 5.87. The van der Waals surface area contributed by atoms with Crippen molar-refractivity contribution in [3.8, 4) is 0 Å². The number of nitrogens with zero attached hydrogens (tertiary/aromatic N) is 2. The number of piperidine rings is 1. The predicted molar refractivity (Wildman–Crippen MR) is 68.3 cm³/mol. The molecular weight excluding hydrogens is 300 g/mol. The van der Waals surface area contributed by atoms with E-state index in [2.05, 4.69) is 4.98 Å². The third-order valence-corrected chi connectivity index (χ3v) is 3.87. The summed E-state index contributed by atoms with van der Waals surface area (Å²) in [6.07, 6.45) is -3.80. The Bertz CT molecular complexity index is 443. The Hall–Kier alpha value is -0.520. The molecule has 0 N–H and O–H groups in total. The molecule has 0 radical (unpaired) electrons. The van der Waals surface area contributed by atoms with Crippen LogP contribution in [0.3, 0.4) is 0 Å². The zero-order chi connectivity index (χ0) is 14.0. The number of aromatic nitrogens is 1. The molecule has 1 aromatic heterocycles. The van der Waals surface area contributed by atoms with Gasteiger partial charge in [-0.15, -0.1) is 0 Å². The van der Waals surface area contributed by atoms with E-state index < -0.39 is 12.1 Å². The molecule has 19 heavy (non-hydrogen) atoms. The van der Waals surface area contributed by atoms with E-state index >= 15 is 0 Å². The molecule has 1 saturated heterocycles. The minimum absolute atomic E-state index is 0.141. The van der Waals surface area contributed by atoms with E-state index in [0.29, 0.717) is 29.9 Å². The molecule has 0 saturated carbocycles. The third-order valence-electron chi connectivity index (χ3n) is 3.34. The summed E-state index contributed by atoms with van der Waals surface area (Å²) in [5.41, 5.74) is 0.788. The first-order valence-electron chi connectivity index (χ1n) is 5.96. The summed E-state index contributed by atoms with van der Waals surface area (Å²) in [7, 11) is 0. The second-order valence-electron chi connectivity index (χ2n) is 4.68. The Morgan fingerprint density at radius 3 is 2.37 bits per heavy atom. The van der Waals surface area contributed by atoms with E-state index in [9.17, 15) is 13.2 Å². The Morgan fingerprint density at radius 1 is 1.21 bits per heavy atom. The number of likely N-dealkylation sites (tertiary alicyclic amines) is 1. The van der Waals surface area contributed by atoms with Crippen LogP contribution in [0.25, 0.3) is 0 Å². The van der Waals surface area contributed by atoms with Gasteiger partial charge < -0.3 is 0 Å². The van der Waals surface area contributed by atoms with Crippen molar-refractivity contribution in [3.63, 3.8) is 0 Å². The minimum Gasteiger partial charge on any atom is -0.299 e. The fourth-order valence-corrected chi connectivity index (χ4v) is 2.62. The van der Waals surface area contributed by atoms with Crippen molar-refractivity contribution < 1.29 is 13.2 Å². The lowest BCUT2D eigenvalue weighted by atomic mass is 9.96. The Kier molecular flexibility index (Phi) is 4.58. The molecule has 106 valence electrons. The molecule has 0 spiro atoms. The van der Waals surface area contributed by atoms with Gasteiger partial charge in [-0.25, -0.2) is 4.98 Å². The van der Waals surface area contributed by atoms with Gasteiger partial charge in [0.1, 0.15) is 10.3 Å². The topological polar surface area (TPSA) is 16.1 Å². The monoisotopic (exact) mass is 312 g/mol. The molecule has 2 nitrogen and oxygen atoms in total. The summed E-state index contributed by atoms with van der Waals surface area (Å²) in [6, 6.07) is 3.39. The SMILES string of the molecule is FC(F)(F)C1CCN(Cc2ccc(Cl)nc2Cl)CC1.